The van der Waals surface area contributed by atoms with Crippen LogP contribution in [0, 0.1) is 0 Å². The number of aromatic nitrogens is 2. The van der Waals surface area contributed by atoms with E-state index in [0.29, 0.717) is 0 Å². The Bertz CT molecular complexity index is 305. The van der Waals surface area contributed by atoms with Crippen LogP contribution in [0.3, 0.4) is 0 Å². The van der Waals surface area contributed by atoms with Crippen molar-refractivity contribution in [3.63, 3.8) is 0 Å². The summed E-state index contributed by atoms with van der Waals surface area (Å²) in [6.45, 7) is 1.98. The first-order chi connectivity index (χ1) is 6.17. The van der Waals surface area contributed by atoms with Crippen molar-refractivity contribution < 1.29 is 4.79 Å². The van der Waals surface area contributed by atoms with Crippen LogP contribution in [0.4, 0.5) is 5.69 Å². The van der Waals surface area contributed by atoms with Crippen molar-refractivity contribution in [2.45, 2.75) is 13.3 Å². The Balaban J connectivity index is 2.80. The Kier molecular flexibility index (Phi) is 3.02. The molecule has 0 atom stereocenters. The maximum atomic E-state index is 11.0. The van der Waals surface area contributed by atoms with E-state index in [1.54, 1.807) is 10.9 Å². The van der Waals surface area contributed by atoms with Crippen LogP contribution < -0.4 is 11.1 Å². The van der Waals surface area contributed by atoms with Crippen molar-refractivity contribution in [2.24, 2.45) is 12.8 Å². The van der Waals surface area contributed by atoms with Crippen molar-refractivity contribution in [1.29, 1.82) is 0 Å². The first-order valence-corrected chi connectivity index (χ1v) is 4.19. The van der Waals surface area contributed by atoms with E-state index in [0.717, 1.165) is 17.8 Å². The highest BCUT2D eigenvalue weighted by Crippen LogP contribution is 2.12. The molecule has 0 saturated heterocycles. The van der Waals surface area contributed by atoms with Gasteiger partial charge >= 0.3 is 0 Å². The summed E-state index contributed by atoms with van der Waals surface area (Å²) in [6, 6.07) is 0. The number of amides is 1. The lowest BCUT2D eigenvalue weighted by atomic mass is 10.3. The molecule has 3 N–H and O–H groups in total. The van der Waals surface area contributed by atoms with Crippen molar-refractivity contribution in [3.8, 4) is 0 Å². The number of hydrogen-bond donors (Lipinski definition) is 2. The molecule has 1 rings (SSSR count). The van der Waals surface area contributed by atoms with Crippen LogP contribution >= 0.6 is 0 Å². The van der Waals surface area contributed by atoms with Gasteiger partial charge in [0.1, 0.15) is 0 Å². The number of carbonyl (C=O) groups excluding carboxylic acids is 1. The van der Waals surface area contributed by atoms with Crippen molar-refractivity contribution in [3.05, 3.63) is 11.9 Å². The molecule has 0 radical (unpaired) electrons. The first-order valence-electron chi connectivity index (χ1n) is 4.19. The van der Waals surface area contributed by atoms with Crippen LogP contribution in [0.5, 0.6) is 0 Å². The molecule has 5 nitrogen and oxygen atoms in total. The SMILES string of the molecule is CCc1nn(C)cc1NC(=O)CN. The third-order valence-electron chi connectivity index (χ3n) is 1.70. The van der Waals surface area contributed by atoms with Gasteiger partial charge in [-0.2, -0.15) is 5.10 Å². The highest BCUT2D eigenvalue weighted by molar-refractivity contribution is 5.92. The van der Waals surface area contributed by atoms with Gasteiger partial charge in [-0.3, -0.25) is 9.48 Å². The maximum absolute atomic E-state index is 11.0. The van der Waals surface area contributed by atoms with Gasteiger partial charge in [-0.25, -0.2) is 0 Å². The smallest absolute Gasteiger partial charge is 0.238 e. The monoisotopic (exact) mass is 182 g/mol. The summed E-state index contributed by atoms with van der Waals surface area (Å²) in [7, 11) is 1.82. The zero-order valence-electron chi connectivity index (χ0n) is 7.87. The number of anilines is 1. The van der Waals surface area contributed by atoms with E-state index >= 15 is 0 Å². The lowest BCUT2D eigenvalue weighted by molar-refractivity contribution is -0.114. The Morgan fingerprint density at radius 2 is 2.46 bits per heavy atom. The van der Waals surface area contributed by atoms with E-state index in [1.807, 2.05) is 14.0 Å². The molecule has 0 saturated carbocycles. The minimum absolute atomic E-state index is 0.00194. The summed E-state index contributed by atoms with van der Waals surface area (Å²) in [5, 5.41) is 6.86. The molecule has 0 aliphatic rings. The van der Waals surface area contributed by atoms with E-state index < -0.39 is 0 Å². The molecule has 0 aliphatic carbocycles. The molecule has 0 spiro atoms. The van der Waals surface area contributed by atoms with Crippen molar-refractivity contribution >= 4 is 11.6 Å². The van der Waals surface area contributed by atoms with Gasteiger partial charge in [0.15, 0.2) is 0 Å². The van der Waals surface area contributed by atoms with Crippen molar-refractivity contribution in [2.75, 3.05) is 11.9 Å². The largest absolute Gasteiger partial charge is 0.322 e. The molecule has 1 heterocycles. The first kappa shape index (κ1) is 9.73. The Labute approximate surface area is 76.9 Å². The Morgan fingerprint density at radius 3 is 3.00 bits per heavy atom. The van der Waals surface area contributed by atoms with Crippen LogP contribution in [-0.2, 0) is 18.3 Å². The second-order valence-corrected chi connectivity index (χ2v) is 2.77. The molecule has 0 unspecified atom stereocenters. The molecule has 1 aromatic heterocycles. The predicted molar refractivity (Wildman–Crippen MR) is 50.3 cm³/mol. The van der Waals surface area contributed by atoms with Crippen LogP contribution in [0.25, 0.3) is 0 Å². The van der Waals surface area contributed by atoms with Crippen LogP contribution in [0.2, 0.25) is 0 Å². The van der Waals surface area contributed by atoms with Gasteiger partial charge in [-0.05, 0) is 6.42 Å². The van der Waals surface area contributed by atoms with E-state index in [4.69, 9.17) is 5.73 Å². The standard InChI is InChI=1S/C8H14N4O/c1-3-6-7(5-12(2)11-6)10-8(13)4-9/h5H,3-4,9H2,1-2H3,(H,10,13). The predicted octanol–water partition coefficient (Wildman–Crippen LogP) is -0.120. The van der Waals surface area contributed by atoms with Gasteiger partial charge in [0.05, 0.1) is 17.9 Å². The zero-order chi connectivity index (χ0) is 9.84. The summed E-state index contributed by atoms with van der Waals surface area (Å²) in [5.74, 6) is -0.192. The van der Waals surface area contributed by atoms with E-state index in [1.165, 1.54) is 0 Å². The number of rotatable bonds is 3. The minimum Gasteiger partial charge on any atom is -0.322 e. The fraction of sp³-hybridized carbons (Fsp3) is 0.500. The number of carbonyl (C=O) groups is 1. The summed E-state index contributed by atoms with van der Waals surface area (Å²) < 4.78 is 1.67. The van der Waals surface area contributed by atoms with Crippen LogP contribution in [-0.4, -0.2) is 22.2 Å². The summed E-state index contributed by atoms with van der Waals surface area (Å²) >= 11 is 0. The third-order valence-corrected chi connectivity index (χ3v) is 1.70. The molecule has 72 valence electrons. The molecule has 13 heavy (non-hydrogen) atoms. The lowest BCUT2D eigenvalue weighted by Crippen LogP contribution is -2.22. The van der Waals surface area contributed by atoms with E-state index in [9.17, 15) is 4.79 Å². The van der Waals surface area contributed by atoms with Gasteiger partial charge < -0.3 is 11.1 Å². The second-order valence-electron chi connectivity index (χ2n) is 2.77. The molecule has 0 aliphatic heterocycles. The van der Waals surface area contributed by atoms with Gasteiger partial charge in [-0.1, -0.05) is 6.92 Å². The third kappa shape index (κ3) is 2.29. The molecule has 1 aromatic rings. The molecular formula is C8H14N4O. The Hall–Kier alpha value is -1.36. The minimum atomic E-state index is -0.192. The second kappa shape index (κ2) is 4.04. The van der Waals surface area contributed by atoms with E-state index in [-0.39, 0.29) is 12.5 Å². The van der Waals surface area contributed by atoms with Gasteiger partial charge in [0.25, 0.3) is 0 Å². The highest BCUT2D eigenvalue weighted by atomic mass is 16.1. The van der Waals surface area contributed by atoms with Gasteiger partial charge in [0, 0.05) is 13.2 Å². The molecule has 5 heteroatoms. The summed E-state index contributed by atoms with van der Waals surface area (Å²) in [4.78, 5) is 11.0. The quantitative estimate of drug-likeness (QED) is 0.684. The van der Waals surface area contributed by atoms with Crippen LogP contribution in [0.15, 0.2) is 6.20 Å². The number of hydrogen-bond acceptors (Lipinski definition) is 3. The average Bonchev–Trinajstić information content (AvgIpc) is 2.46. The number of nitrogens with one attached hydrogen (secondary N) is 1. The van der Waals surface area contributed by atoms with Crippen molar-refractivity contribution in [1.82, 2.24) is 9.78 Å². The normalized spacial score (nSPS) is 10.1. The van der Waals surface area contributed by atoms with Gasteiger partial charge in [0.2, 0.25) is 5.91 Å². The zero-order valence-corrected chi connectivity index (χ0v) is 7.87. The molecule has 1 amide bonds. The topological polar surface area (TPSA) is 72.9 Å². The number of nitrogens with zero attached hydrogens (tertiary/aromatic N) is 2. The molecule has 0 fully saturated rings. The molecular weight excluding hydrogens is 168 g/mol. The molecule has 0 aromatic carbocycles. The summed E-state index contributed by atoms with van der Waals surface area (Å²) in [6.07, 6.45) is 2.56. The maximum Gasteiger partial charge on any atom is 0.238 e. The highest BCUT2D eigenvalue weighted by Gasteiger charge is 2.07. The van der Waals surface area contributed by atoms with E-state index in [2.05, 4.69) is 10.4 Å². The summed E-state index contributed by atoms with van der Waals surface area (Å²) in [5.41, 5.74) is 6.81. The lowest BCUT2D eigenvalue weighted by Gasteiger charge is -2.00. The fourth-order valence-corrected chi connectivity index (χ4v) is 1.10. The average molecular weight is 182 g/mol. The fourth-order valence-electron chi connectivity index (χ4n) is 1.10. The number of nitrogens with two attached hydrogens (primary N) is 1. The number of aryl methyl sites for hydroxylation is 2. The molecule has 0 bridgehead atoms. The van der Waals surface area contributed by atoms with Gasteiger partial charge in [-0.15, -0.1) is 0 Å². The Morgan fingerprint density at radius 1 is 1.77 bits per heavy atom. The van der Waals surface area contributed by atoms with Crippen LogP contribution in [0.1, 0.15) is 12.6 Å².